The van der Waals surface area contributed by atoms with Gasteiger partial charge in [0.25, 0.3) is 0 Å². The van der Waals surface area contributed by atoms with Gasteiger partial charge in [-0.2, -0.15) is 5.10 Å². The molecule has 0 atom stereocenters. The zero-order valence-electron chi connectivity index (χ0n) is 8.24. The zero-order valence-corrected chi connectivity index (χ0v) is 9.76. The Bertz CT molecular complexity index is 477. The van der Waals surface area contributed by atoms with Gasteiger partial charge in [-0.15, -0.1) is 11.6 Å². The van der Waals surface area contributed by atoms with Gasteiger partial charge in [0.15, 0.2) is 0 Å². The van der Waals surface area contributed by atoms with Crippen LogP contribution in [0, 0.1) is 6.92 Å². The summed E-state index contributed by atoms with van der Waals surface area (Å²) in [6.45, 7) is 2.00. The predicted octanol–water partition coefficient (Wildman–Crippen LogP) is 3.57. The lowest BCUT2D eigenvalue weighted by Crippen LogP contribution is -1.94. The summed E-state index contributed by atoms with van der Waals surface area (Å²) in [5.41, 5.74) is 3.00. The molecule has 0 unspecified atom stereocenters. The summed E-state index contributed by atoms with van der Waals surface area (Å²) in [4.78, 5) is 0. The molecule has 2 aromatic rings. The third-order valence-electron chi connectivity index (χ3n) is 2.16. The highest BCUT2D eigenvalue weighted by Crippen LogP contribution is 2.21. The van der Waals surface area contributed by atoms with Crippen LogP contribution in [0.25, 0.3) is 5.69 Å². The molecule has 0 fully saturated rings. The molecular formula is C11H10Cl2N2. The van der Waals surface area contributed by atoms with Gasteiger partial charge in [0.1, 0.15) is 0 Å². The molecule has 0 saturated heterocycles. The number of hydrogen-bond donors (Lipinski definition) is 0. The highest BCUT2D eigenvalue weighted by Gasteiger charge is 2.03. The molecule has 1 aromatic heterocycles. The summed E-state index contributed by atoms with van der Waals surface area (Å²) in [5.74, 6) is 0.428. The van der Waals surface area contributed by atoms with Crippen LogP contribution in [0.2, 0.25) is 5.02 Å². The van der Waals surface area contributed by atoms with E-state index < -0.39 is 0 Å². The molecular weight excluding hydrogens is 231 g/mol. The summed E-state index contributed by atoms with van der Waals surface area (Å²) in [6.07, 6.45) is 3.76. The molecule has 0 aliphatic carbocycles. The maximum Gasteiger partial charge on any atom is 0.0660 e. The SMILES string of the molecule is Cc1cnn(-c2ccc(CCl)c(Cl)c2)c1. The van der Waals surface area contributed by atoms with Gasteiger partial charge in [-0.1, -0.05) is 17.7 Å². The smallest absolute Gasteiger partial charge is 0.0660 e. The van der Waals surface area contributed by atoms with Gasteiger partial charge in [-0.05, 0) is 30.2 Å². The molecule has 0 saturated carbocycles. The van der Waals surface area contributed by atoms with Crippen molar-refractivity contribution in [3.05, 3.63) is 46.7 Å². The summed E-state index contributed by atoms with van der Waals surface area (Å²) in [6, 6.07) is 5.74. The van der Waals surface area contributed by atoms with Crippen molar-refractivity contribution in [2.45, 2.75) is 12.8 Å². The minimum Gasteiger partial charge on any atom is -0.241 e. The Hall–Kier alpha value is -0.990. The number of hydrogen-bond acceptors (Lipinski definition) is 1. The molecule has 0 aliphatic rings. The Morgan fingerprint density at radius 2 is 2.20 bits per heavy atom. The molecule has 0 aliphatic heterocycles. The highest BCUT2D eigenvalue weighted by molar-refractivity contribution is 6.32. The minimum atomic E-state index is 0.428. The number of alkyl halides is 1. The van der Waals surface area contributed by atoms with Gasteiger partial charge in [0, 0.05) is 17.1 Å². The van der Waals surface area contributed by atoms with E-state index in [2.05, 4.69) is 5.10 Å². The van der Waals surface area contributed by atoms with Gasteiger partial charge >= 0.3 is 0 Å². The lowest BCUT2D eigenvalue weighted by atomic mass is 10.2. The topological polar surface area (TPSA) is 17.8 Å². The van der Waals surface area contributed by atoms with Crippen molar-refractivity contribution in [3.63, 3.8) is 0 Å². The average molecular weight is 241 g/mol. The Labute approximate surface area is 98.4 Å². The second-order valence-corrected chi connectivity index (χ2v) is 4.05. The van der Waals surface area contributed by atoms with Crippen molar-refractivity contribution < 1.29 is 0 Å². The van der Waals surface area contributed by atoms with Crippen LogP contribution in [0.1, 0.15) is 11.1 Å². The lowest BCUT2D eigenvalue weighted by molar-refractivity contribution is 0.879. The molecule has 15 heavy (non-hydrogen) atoms. The third-order valence-corrected chi connectivity index (χ3v) is 2.80. The van der Waals surface area contributed by atoms with Crippen molar-refractivity contribution in [1.82, 2.24) is 9.78 Å². The molecule has 0 radical (unpaired) electrons. The number of rotatable bonds is 2. The van der Waals surface area contributed by atoms with Crippen molar-refractivity contribution in [2.24, 2.45) is 0 Å². The monoisotopic (exact) mass is 240 g/mol. The van der Waals surface area contributed by atoms with Crippen molar-refractivity contribution in [2.75, 3.05) is 0 Å². The van der Waals surface area contributed by atoms with Crippen LogP contribution in [-0.2, 0) is 5.88 Å². The summed E-state index contributed by atoms with van der Waals surface area (Å²) in [7, 11) is 0. The summed E-state index contributed by atoms with van der Waals surface area (Å²) >= 11 is 11.8. The molecule has 0 spiro atoms. The number of nitrogens with zero attached hydrogens (tertiary/aromatic N) is 2. The molecule has 1 heterocycles. The molecule has 0 bridgehead atoms. The Kier molecular flexibility index (Phi) is 2.98. The van der Waals surface area contributed by atoms with Crippen molar-refractivity contribution in [1.29, 1.82) is 0 Å². The van der Waals surface area contributed by atoms with E-state index in [0.717, 1.165) is 16.8 Å². The van der Waals surface area contributed by atoms with E-state index in [-0.39, 0.29) is 0 Å². The standard InChI is InChI=1S/C11H10Cl2N2/c1-8-6-14-15(7-8)10-3-2-9(5-12)11(13)4-10/h2-4,6-7H,5H2,1H3. The number of halogens is 2. The van der Waals surface area contributed by atoms with E-state index in [1.165, 1.54) is 0 Å². The van der Waals surface area contributed by atoms with E-state index in [1.54, 1.807) is 4.68 Å². The predicted molar refractivity (Wildman–Crippen MR) is 62.9 cm³/mol. The third kappa shape index (κ3) is 2.16. The van der Waals surface area contributed by atoms with E-state index in [4.69, 9.17) is 23.2 Å². The molecule has 0 amide bonds. The van der Waals surface area contributed by atoms with Crippen LogP contribution < -0.4 is 0 Å². The minimum absolute atomic E-state index is 0.428. The van der Waals surface area contributed by atoms with Crippen LogP contribution in [0.15, 0.2) is 30.6 Å². The lowest BCUT2D eigenvalue weighted by Gasteiger charge is -2.04. The molecule has 78 valence electrons. The first kappa shape index (κ1) is 10.5. The maximum absolute atomic E-state index is 6.06. The Balaban J connectivity index is 2.42. The maximum atomic E-state index is 6.06. The average Bonchev–Trinajstić information content (AvgIpc) is 2.65. The van der Waals surface area contributed by atoms with E-state index >= 15 is 0 Å². The fraction of sp³-hybridized carbons (Fsp3) is 0.182. The number of aryl methyl sites for hydroxylation is 1. The molecule has 2 nitrogen and oxygen atoms in total. The van der Waals surface area contributed by atoms with Crippen LogP contribution in [0.4, 0.5) is 0 Å². The van der Waals surface area contributed by atoms with Crippen LogP contribution in [0.3, 0.4) is 0 Å². The largest absolute Gasteiger partial charge is 0.241 e. The van der Waals surface area contributed by atoms with E-state index in [9.17, 15) is 0 Å². The number of benzene rings is 1. The molecule has 4 heteroatoms. The quantitative estimate of drug-likeness (QED) is 0.735. The molecule has 2 rings (SSSR count). The van der Waals surface area contributed by atoms with Gasteiger partial charge in [0.2, 0.25) is 0 Å². The fourth-order valence-electron chi connectivity index (χ4n) is 1.34. The first-order chi connectivity index (χ1) is 7.20. The first-order valence-corrected chi connectivity index (χ1v) is 5.48. The van der Waals surface area contributed by atoms with Gasteiger partial charge in [0.05, 0.1) is 11.9 Å². The zero-order chi connectivity index (χ0) is 10.8. The van der Waals surface area contributed by atoms with Gasteiger partial charge in [-0.3, -0.25) is 0 Å². The van der Waals surface area contributed by atoms with Crippen molar-refractivity contribution >= 4 is 23.2 Å². The first-order valence-electron chi connectivity index (χ1n) is 4.57. The second-order valence-electron chi connectivity index (χ2n) is 3.37. The fourth-order valence-corrected chi connectivity index (χ4v) is 1.88. The highest BCUT2D eigenvalue weighted by atomic mass is 35.5. The van der Waals surface area contributed by atoms with E-state index in [0.29, 0.717) is 10.9 Å². The summed E-state index contributed by atoms with van der Waals surface area (Å²) < 4.78 is 1.79. The van der Waals surface area contributed by atoms with Gasteiger partial charge in [-0.25, -0.2) is 4.68 Å². The van der Waals surface area contributed by atoms with Crippen LogP contribution in [0.5, 0.6) is 0 Å². The normalized spacial score (nSPS) is 10.6. The van der Waals surface area contributed by atoms with Gasteiger partial charge < -0.3 is 0 Å². The van der Waals surface area contributed by atoms with Crippen molar-refractivity contribution in [3.8, 4) is 5.69 Å². The second kappa shape index (κ2) is 4.25. The number of aromatic nitrogens is 2. The molecule has 1 aromatic carbocycles. The van der Waals surface area contributed by atoms with E-state index in [1.807, 2.05) is 37.5 Å². The Morgan fingerprint density at radius 1 is 1.40 bits per heavy atom. The Morgan fingerprint density at radius 3 is 2.73 bits per heavy atom. The summed E-state index contributed by atoms with van der Waals surface area (Å²) in [5, 5.41) is 4.88. The van der Waals surface area contributed by atoms with Crippen LogP contribution in [-0.4, -0.2) is 9.78 Å². The molecule has 0 N–H and O–H groups in total. The van der Waals surface area contributed by atoms with Crippen LogP contribution >= 0.6 is 23.2 Å².